The second-order valence-electron chi connectivity index (χ2n) is 4.30. The standard InChI is InChI=1S/C11H17N3O2/c1-8-3-2-6-14(9(8)7-12)11(15)10-4-5-13-16-10/h4-5,8-9H,2-3,6-7,12H2,1H3. The lowest BCUT2D eigenvalue weighted by atomic mass is 9.90. The van der Waals surface area contributed by atoms with Crippen LogP contribution in [0, 0.1) is 5.92 Å². The van der Waals surface area contributed by atoms with Crippen LogP contribution in [-0.2, 0) is 0 Å². The zero-order valence-corrected chi connectivity index (χ0v) is 9.43. The minimum absolute atomic E-state index is 0.0977. The molecule has 2 atom stereocenters. The van der Waals surface area contributed by atoms with E-state index in [9.17, 15) is 4.79 Å². The molecule has 2 heterocycles. The SMILES string of the molecule is CC1CCCN(C(=O)c2ccno2)C1CN. The number of nitrogens with zero attached hydrogens (tertiary/aromatic N) is 2. The van der Waals surface area contributed by atoms with Gasteiger partial charge in [0.25, 0.3) is 5.91 Å². The van der Waals surface area contributed by atoms with Crippen molar-refractivity contribution in [1.29, 1.82) is 0 Å². The molecule has 1 aliphatic heterocycles. The number of carbonyl (C=O) groups is 1. The summed E-state index contributed by atoms with van der Waals surface area (Å²) in [7, 11) is 0. The molecule has 1 aliphatic rings. The van der Waals surface area contributed by atoms with Gasteiger partial charge in [0.05, 0.1) is 6.20 Å². The zero-order chi connectivity index (χ0) is 11.5. The molecule has 5 heteroatoms. The third-order valence-corrected chi connectivity index (χ3v) is 3.27. The van der Waals surface area contributed by atoms with Crippen molar-refractivity contribution in [2.45, 2.75) is 25.8 Å². The lowest BCUT2D eigenvalue weighted by Crippen LogP contribution is -2.51. The average Bonchev–Trinajstić information content (AvgIpc) is 2.81. The van der Waals surface area contributed by atoms with Crippen LogP contribution in [0.3, 0.4) is 0 Å². The first kappa shape index (κ1) is 11.1. The van der Waals surface area contributed by atoms with Crippen molar-refractivity contribution in [2.24, 2.45) is 11.7 Å². The molecule has 0 aromatic carbocycles. The monoisotopic (exact) mass is 223 g/mol. The molecule has 2 rings (SSSR count). The maximum absolute atomic E-state index is 12.1. The molecule has 0 radical (unpaired) electrons. The molecule has 0 spiro atoms. The molecule has 16 heavy (non-hydrogen) atoms. The van der Waals surface area contributed by atoms with Crippen molar-refractivity contribution in [1.82, 2.24) is 10.1 Å². The second-order valence-corrected chi connectivity index (χ2v) is 4.30. The van der Waals surface area contributed by atoms with Gasteiger partial charge in [0.15, 0.2) is 0 Å². The summed E-state index contributed by atoms with van der Waals surface area (Å²) in [5.74, 6) is 0.651. The van der Waals surface area contributed by atoms with Crippen LogP contribution in [0.2, 0.25) is 0 Å². The number of rotatable bonds is 2. The van der Waals surface area contributed by atoms with Crippen molar-refractivity contribution in [3.63, 3.8) is 0 Å². The quantitative estimate of drug-likeness (QED) is 0.807. The molecule has 1 aromatic rings. The number of hydrogen-bond donors (Lipinski definition) is 1. The minimum Gasteiger partial charge on any atom is -0.351 e. The van der Waals surface area contributed by atoms with Crippen molar-refractivity contribution >= 4 is 5.91 Å². The molecule has 1 amide bonds. The van der Waals surface area contributed by atoms with E-state index < -0.39 is 0 Å². The van der Waals surface area contributed by atoms with E-state index in [0.29, 0.717) is 18.2 Å². The van der Waals surface area contributed by atoms with Gasteiger partial charge in [0, 0.05) is 25.2 Å². The molecule has 2 unspecified atom stereocenters. The number of carbonyl (C=O) groups excluding carboxylic acids is 1. The molecular weight excluding hydrogens is 206 g/mol. The Morgan fingerprint density at radius 3 is 3.19 bits per heavy atom. The third-order valence-electron chi connectivity index (χ3n) is 3.27. The number of likely N-dealkylation sites (tertiary alicyclic amines) is 1. The van der Waals surface area contributed by atoms with Crippen molar-refractivity contribution in [2.75, 3.05) is 13.1 Å². The summed E-state index contributed by atoms with van der Waals surface area (Å²) >= 11 is 0. The van der Waals surface area contributed by atoms with Crippen LogP contribution in [0.5, 0.6) is 0 Å². The maximum Gasteiger partial charge on any atom is 0.292 e. The Labute approximate surface area is 94.6 Å². The summed E-state index contributed by atoms with van der Waals surface area (Å²) in [4.78, 5) is 13.9. The van der Waals surface area contributed by atoms with Crippen LogP contribution in [0.15, 0.2) is 16.8 Å². The Morgan fingerprint density at radius 2 is 2.56 bits per heavy atom. The van der Waals surface area contributed by atoms with Crippen LogP contribution in [-0.4, -0.2) is 35.1 Å². The number of hydrogen-bond acceptors (Lipinski definition) is 4. The van der Waals surface area contributed by atoms with E-state index in [-0.39, 0.29) is 11.9 Å². The highest BCUT2D eigenvalue weighted by molar-refractivity contribution is 5.91. The molecule has 5 nitrogen and oxygen atoms in total. The van der Waals surface area contributed by atoms with E-state index >= 15 is 0 Å². The fourth-order valence-electron chi connectivity index (χ4n) is 2.33. The normalized spacial score (nSPS) is 25.8. The Balaban J connectivity index is 2.15. The summed E-state index contributed by atoms with van der Waals surface area (Å²) in [6.07, 6.45) is 3.64. The maximum atomic E-state index is 12.1. The predicted molar refractivity (Wildman–Crippen MR) is 58.8 cm³/mol. The molecule has 0 saturated carbocycles. The Morgan fingerprint density at radius 1 is 1.75 bits per heavy atom. The van der Waals surface area contributed by atoms with Gasteiger partial charge in [-0.15, -0.1) is 0 Å². The van der Waals surface area contributed by atoms with Gasteiger partial charge in [-0.2, -0.15) is 0 Å². The number of piperidine rings is 1. The van der Waals surface area contributed by atoms with Gasteiger partial charge in [-0.3, -0.25) is 4.79 Å². The summed E-state index contributed by atoms with van der Waals surface area (Å²) in [5.41, 5.74) is 5.74. The second kappa shape index (κ2) is 4.65. The lowest BCUT2D eigenvalue weighted by molar-refractivity contribution is 0.0492. The average molecular weight is 223 g/mol. The molecule has 1 aromatic heterocycles. The van der Waals surface area contributed by atoms with Gasteiger partial charge in [-0.25, -0.2) is 0 Å². The summed E-state index contributed by atoms with van der Waals surface area (Å²) < 4.78 is 4.89. The van der Waals surface area contributed by atoms with E-state index in [2.05, 4.69) is 12.1 Å². The minimum atomic E-state index is -0.0977. The Bertz CT molecular complexity index is 350. The van der Waals surface area contributed by atoms with Crippen molar-refractivity contribution in [3.05, 3.63) is 18.0 Å². The van der Waals surface area contributed by atoms with Crippen LogP contribution in [0.25, 0.3) is 0 Å². The molecular formula is C11H17N3O2. The van der Waals surface area contributed by atoms with Gasteiger partial charge >= 0.3 is 0 Å². The fraction of sp³-hybridized carbons (Fsp3) is 0.636. The van der Waals surface area contributed by atoms with Crippen LogP contribution < -0.4 is 5.73 Å². The highest BCUT2D eigenvalue weighted by atomic mass is 16.5. The number of nitrogens with two attached hydrogens (primary N) is 1. The molecule has 1 saturated heterocycles. The first-order valence-corrected chi connectivity index (χ1v) is 5.65. The third kappa shape index (κ3) is 1.95. The Hall–Kier alpha value is -1.36. The summed E-state index contributed by atoms with van der Waals surface area (Å²) in [6.45, 7) is 3.39. The predicted octanol–water partition coefficient (Wildman–Crippen LogP) is 0.874. The molecule has 2 N–H and O–H groups in total. The topological polar surface area (TPSA) is 72.4 Å². The summed E-state index contributed by atoms with van der Waals surface area (Å²) in [5, 5.41) is 3.55. The van der Waals surface area contributed by atoms with Crippen molar-refractivity contribution < 1.29 is 9.32 Å². The van der Waals surface area contributed by atoms with Crippen LogP contribution in [0.4, 0.5) is 0 Å². The molecule has 0 aliphatic carbocycles. The van der Waals surface area contributed by atoms with Crippen LogP contribution >= 0.6 is 0 Å². The smallest absolute Gasteiger partial charge is 0.292 e. The van der Waals surface area contributed by atoms with Gasteiger partial charge in [0.1, 0.15) is 0 Å². The van der Waals surface area contributed by atoms with Gasteiger partial charge in [-0.1, -0.05) is 12.1 Å². The molecule has 1 fully saturated rings. The van der Waals surface area contributed by atoms with E-state index in [1.165, 1.54) is 6.20 Å². The van der Waals surface area contributed by atoms with E-state index in [1.54, 1.807) is 6.07 Å². The molecule has 0 bridgehead atoms. The largest absolute Gasteiger partial charge is 0.351 e. The van der Waals surface area contributed by atoms with Gasteiger partial charge in [0.2, 0.25) is 5.76 Å². The highest BCUT2D eigenvalue weighted by Gasteiger charge is 2.32. The number of aromatic nitrogens is 1. The molecule has 88 valence electrons. The van der Waals surface area contributed by atoms with E-state index in [1.807, 2.05) is 4.90 Å². The zero-order valence-electron chi connectivity index (χ0n) is 9.43. The Kier molecular flexibility index (Phi) is 3.24. The van der Waals surface area contributed by atoms with E-state index in [0.717, 1.165) is 19.4 Å². The fourth-order valence-corrected chi connectivity index (χ4v) is 2.33. The first-order chi connectivity index (χ1) is 7.74. The summed E-state index contributed by atoms with van der Waals surface area (Å²) in [6, 6.07) is 1.71. The lowest BCUT2D eigenvalue weighted by Gasteiger charge is -2.38. The number of amides is 1. The highest BCUT2D eigenvalue weighted by Crippen LogP contribution is 2.24. The van der Waals surface area contributed by atoms with Gasteiger partial charge in [-0.05, 0) is 18.8 Å². The first-order valence-electron chi connectivity index (χ1n) is 5.65. The van der Waals surface area contributed by atoms with Crippen molar-refractivity contribution in [3.8, 4) is 0 Å². The van der Waals surface area contributed by atoms with Gasteiger partial charge < -0.3 is 15.2 Å². The van der Waals surface area contributed by atoms with Crippen LogP contribution in [0.1, 0.15) is 30.3 Å². The van der Waals surface area contributed by atoms with E-state index in [4.69, 9.17) is 10.3 Å².